The van der Waals surface area contributed by atoms with Gasteiger partial charge in [0.15, 0.2) is 0 Å². The van der Waals surface area contributed by atoms with Crippen LogP contribution < -0.4 is 10.6 Å². The summed E-state index contributed by atoms with van der Waals surface area (Å²) in [5.41, 5.74) is 2.16. The second kappa shape index (κ2) is 7.99. The van der Waals surface area contributed by atoms with E-state index in [2.05, 4.69) is 22.7 Å². The molecule has 1 saturated carbocycles. The highest BCUT2D eigenvalue weighted by atomic mass is 16.2. The molecule has 0 radical (unpaired) electrons. The van der Waals surface area contributed by atoms with Crippen LogP contribution in [0.4, 0.5) is 4.79 Å². The van der Waals surface area contributed by atoms with E-state index in [0.29, 0.717) is 12.6 Å². The number of amides is 2. The SMILES string of the molecule is CC1CCC(NC(=O)NCCc2cnn(-c3ccccc3)c2)CC1. The van der Waals surface area contributed by atoms with Crippen LogP contribution in [-0.2, 0) is 6.42 Å². The van der Waals surface area contributed by atoms with Gasteiger partial charge < -0.3 is 10.6 Å². The van der Waals surface area contributed by atoms with Gasteiger partial charge in [0.2, 0.25) is 0 Å². The van der Waals surface area contributed by atoms with Crippen LogP contribution in [0.1, 0.15) is 38.2 Å². The highest BCUT2D eigenvalue weighted by Gasteiger charge is 2.19. The molecule has 0 saturated heterocycles. The maximum absolute atomic E-state index is 12.0. The smallest absolute Gasteiger partial charge is 0.315 e. The van der Waals surface area contributed by atoms with E-state index in [0.717, 1.165) is 36.4 Å². The van der Waals surface area contributed by atoms with E-state index in [1.54, 1.807) is 0 Å². The molecule has 3 rings (SSSR count). The molecule has 0 aliphatic heterocycles. The van der Waals surface area contributed by atoms with E-state index in [1.165, 1.54) is 12.8 Å². The maximum atomic E-state index is 12.0. The van der Waals surface area contributed by atoms with Crippen molar-refractivity contribution in [3.05, 3.63) is 48.3 Å². The maximum Gasteiger partial charge on any atom is 0.315 e. The van der Waals surface area contributed by atoms with Crippen molar-refractivity contribution in [1.29, 1.82) is 0 Å². The monoisotopic (exact) mass is 326 g/mol. The summed E-state index contributed by atoms with van der Waals surface area (Å²) in [6, 6.07) is 10.3. The van der Waals surface area contributed by atoms with E-state index in [-0.39, 0.29) is 6.03 Å². The van der Waals surface area contributed by atoms with E-state index in [9.17, 15) is 4.79 Å². The number of benzene rings is 1. The third-order valence-corrected chi connectivity index (χ3v) is 4.71. The third-order valence-electron chi connectivity index (χ3n) is 4.71. The molecule has 1 heterocycles. The molecule has 1 aromatic carbocycles. The lowest BCUT2D eigenvalue weighted by Gasteiger charge is -2.26. The highest BCUT2D eigenvalue weighted by Crippen LogP contribution is 2.23. The van der Waals surface area contributed by atoms with Crippen LogP contribution in [-0.4, -0.2) is 28.4 Å². The Kier molecular flexibility index (Phi) is 5.51. The zero-order valence-electron chi connectivity index (χ0n) is 14.2. The molecule has 5 nitrogen and oxygen atoms in total. The minimum Gasteiger partial charge on any atom is -0.338 e. The molecule has 0 bridgehead atoms. The molecule has 1 fully saturated rings. The second-order valence-electron chi connectivity index (χ2n) is 6.74. The third kappa shape index (κ3) is 4.60. The van der Waals surface area contributed by atoms with Gasteiger partial charge in [-0.05, 0) is 55.7 Å². The Hall–Kier alpha value is -2.30. The largest absolute Gasteiger partial charge is 0.338 e. The average Bonchev–Trinajstić information content (AvgIpc) is 3.07. The number of hydrogen-bond acceptors (Lipinski definition) is 2. The van der Waals surface area contributed by atoms with Crippen LogP contribution in [0, 0.1) is 5.92 Å². The molecule has 2 amide bonds. The molecular formula is C19H26N4O. The van der Waals surface area contributed by atoms with Gasteiger partial charge in [-0.25, -0.2) is 9.48 Å². The van der Waals surface area contributed by atoms with Crippen LogP contribution in [0.2, 0.25) is 0 Å². The van der Waals surface area contributed by atoms with Crippen LogP contribution >= 0.6 is 0 Å². The molecule has 0 unspecified atom stereocenters. The quantitative estimate of drug-likeness (QED) is 0.886. The van der Waals surface area contributed by atoms with Crippen molar-refractivity contribution < 1.29 is 4.79 Å². The number of carbonyl (C=O) groups is 1. The van der Waals surface area contributed by atoms with Gasteiger partial charge in [0.25, 0.3) is 0 Å². The fourth-order valence-electron chi connectivity index (χ4n) is 3.17. The van der Waals surface area contributed by atoms with Crippen LogP contribution in [0.5, 0.6) is 0 Å². The van der Waals surface area contributed by atoms with Gasteiger partial charge in [-0.3, -0.25) is 0 Å². The molecule has 1 aliphatic carbocycles. The molecule has 0 spiro atoms. The minimum atomic E-state index is -0.0509. The van der Waals surface area contributed by atoms with E-state index in [4.69, 9.17) is 0 Å². The van der Waals surface area contributed by atoms with E-state index < -0.39 is 0 Å². The van der Waals surface area contributed by atoms with Crippen molar-refractivity contribution in [1.82, 2.24) is 20.4 Å². The van der Waals surface area contributed by atoms with Gasteiger partial charge in [-0.15, -0.1) is 0 Å². The summed E-state index contributed by atoms with van der Waals surface area (Å²) in [6.45, 7) is 2.90. The number of hydrogen-bond donors (Lipinski definition) is 2. The number of para-hydroxylation sites is 1. The molecule has 1 aromatic heterocycles. The summed E-state index contributed by atoms with van der Waals surface area (Å²) in [7, 11) is 0. The molecule has 1 aliphatic rings. The predicted octanol–water partition coefficient (Wildman–Crippen LogP) is 3.29. The van der Waals surface area contributed by atoms with Crippen molar-refractivity contribution in [3.63, 3.8) is 0 Å². The first-order valence-corrected chi connectivity index (χ1v) is 8.84. The Bertz CT molecular complexity index is 644. The number of aromatic nitrogens is 2. The zero-order chi connectivity index (χ0) is 16.8. The highest BCUT2D eigenvalue weighted by molar-refractivity contribution is 5.74. The first kappa shape index (κ1) is 16.6. The van der Waals surface area contributed by atoms with E-state index in [1.807, 2.05) is 47.4 Å². The normalized spacial score (nSPS) is 20.5. The summed E-state index contributed by atoms with van der Waals surface area (Å²) < 4.78 is 1.86. The topological polar surface area (TPSA) is 59.0 Å². The Morgan fingerprint density at radius 3 is 2.71 bits per heavy atom. The van der Waals surface area contributed by atoms with Crippen LogP contribution in [0.25, 0.3) is 5.69 Å². The average molecular weight is 326 g/mol. The number of nitrogens with one attached hydrogen (secondary N) is 2. The summed E-state index contributed by atoms with van der Waals surface area (Å²) in [5, 5.41) is 10.4. The fraction of sp³-hybridized carbons (Fsp3) is 0.474. The Morgan fingerprint density at radius 2 is 1.96 bits per heavy atom. The predicted molar refractivity (Wildman–Crippen MR) is 95.2 cm³/mol. The molecule has 24 heavy (non-hydrogen) atoms. The standard InChI is InChI=1S/C19H26N4O/c1-15-7-9-17(10-8-15)22-19(24)20-12-11-16-13-21-23(14-16)18-5-3-2-4-6-18/h2-6,13-15,17H,7-12H2,1H3,(H2,20,22,24). The van der Waals surface area contributed by atoms with Gasteiger partial charge in [0.05, 0.1) is 11.9 Å². The van der Waals surface area contributed by atoms with Gasteiger partial charge in [-0.2, -0.15) is 5.10 Å². The van der Waals surface area contributed by atoms with Crippen molar-refractivity contribution in [2.24, 2.45) is 5.92 Å². The molecular weight excluding hydrogens is 300 g/mol. The minimum absolute atomic E-state index is 0.0509. The summed E-state index contributed by atoms with van der Waals surface area (Å²) in [5.74, 6) is 0.798. The van der Waals surface area contributed by atoms with Gasteiger partial charge >= 0.3 is 6.03 Å². The Balaban J connectivity index is 1.40. The first-order valence-electron chi connectivity index (χ1n) is 8.84. The second-order valence-corrected chi connectivity index (χ2v) is 6.74. The lowest BCUT2D eigenvalue weighted by Crippen LogP contribution is -2.44. The zero-order valence-corrected chi connectivity index (χ0v) is 14.2. The molecule has 2 aromatic rings. The number of urea groups is 1. The first-order chi connectivity index (χ1) is 11.7. The molecule has 5 heteroatoms. The number of rotatable bonds is 5. The van der Waals surface area contributed by atoms with Gasteiger partial charge in [0.1, 0.15) is 0 Å². The van der Waals surface area contributed by atoms with Crippen molar-refractivity contribution in [2.45, 2.75) is 45.1 Å². The van der Waals surface area contributed by atoms with Crippen LogP contribution in [0.15, 0.2) is 42.7 Å². The summed E-state index contributed by atoms with van der Waals surface area (Å²) in [4.78, 5) is 12.0. The van der Waals surface area contributed by atoms with Crippen molar-refractivity contribution in [2.75, 3.05) is 6.54 Å². The molecule has 0 atom stereocenters. The lowest BCUT2D eigenvalue weighted by molar-refractivity contribution is 0.228. The summed E-state index contributed by atoms with van der Waals surface area (Å²) >= 11 is 0. The number of nitrogens with zero attached hydrogens (tertiary/aromatic N) is 2. The fourth-order valence-corrected chi connectivity index (χ4v) is 3.17. The van der Waals surface area contributed by atoms with Crippen LogP contribution in [0.3, 0.4) is 0 Å². The Labute approximate surface area is 143 Å². The van der Waals surface area contributed by atoms with Crippen molar-refractivity contribution >= 4 is 6.03 Å². The molecule has 128 valence electrons. The Morgan fingerprint density at radius 1 is 1.21 bits per heavy atom. The van der Waals surface area contributed by atoms with Crippen molar-refractivity contribution in [3.8, 4) is 5.69 Å². The molecule has 2 N–H and O–H groups in total. The van der Waals surface area contributed by atoms with E-state index >= 15 is 0 Å². The summed E-state index contributed by atoms with van der Waals surface area (Å²) in [6.07, 6.45) is 9.26. The van der Waals surface area contributed by atoms with Gasteiger partial charge in [-0.1, -0.05) is 25.1 Å². The number of carbonyl (C=O) groups excluding carboxylic acids is 1. The lowest BCUT2D eigenvalue weighted by atomic mass is 9.87. The van der Waals surface area contributed by atoms with Gasteiger partial charge in [0, 0.05) is 18.8 Å².